The lowest BCUT2D eigenvalue weighted by molar-refractivity contribution is 0.507. The van der Waals surface area contributed by atoms with Gasteiger partial charge < -0.3 is 15.2 Å². The maximum Gasteiger partial charge on any atom is 0.0600 e. The lowest BCUT2D eigenvalue weighted by Gasteiger charge is -2.15. The Bertz CT molecular complexity index is 501. The van der Waals surface area contributed by atoms with Crippen molar-refractivity contribution in [2.45, 2.75) is 13.3 Å². The van der Waals surface area contributed by atoms with Crippen molar-refractivity contribution in [3.05, 3.63) is 30.5 Å². The summed E-state index contributed by atoms with van der Waals surface area (Å²) < 4.78 is 2.18. The van der Waals surface area contributed by atoms with Crippen molar-refractivity contribution in [3.8, 4) is 0 Å². The second-order valence-corrected chi connectivity index (χ2v) is 4.88. The SMILES string of the molecule is CCC(CNC)CNc1cn(C)c2ccccc12. The predicted molar refractivity (Wildman–Crippen MR) is 79.1 cm³/mol. The van der Waals surface area contributed by atoms with E-state index in [0.29, 0.717) is 5.92 Å². The minimum Gasteiger partial charge on any atom is -0.383 e. The van der Waals surface area contributed by atoms with Crippen LogP contribution in [0.3, 0.4) is 0 Å². The van der Waals surface area contributed by atoms with Crippen molar-refractivity contribution in [1.82, 2.24) is 9.88 Å². The fourth-order valence-corrected chi connectivity index (χ4v) is 2.39. The standard InChI is InChI=1S/C15H23N3/c1-4-12(9-16-2)10-17-14-11-18(3)15-8-6-5-7-13(14)15/h5-8,11-12,16-17H,4,9-10H2,1-3H3. The Labute approximate surface area is 109 Å². The Kier molecular flexibility index (Phi) is 4.26. The second kappa shape index (κ2) is 5.91. The van der Waals surface area contributed by atoms with E-state index in [1.807, 2.05) is 7.05 Å². The van der Waals surface area contributed by atoms with E-state index in [1.54, 1.807) is 0 Å². The van der Waals surface area contributed by atoms with Gasteiger partial charge in [-0.25, -0.2) is 0 Å². The number of aromatic nitrogens is 1. The number of rotatable bonds is 6. The lowest BCUT2D eigenvalue weighted by atomic mass is 10.1. The van der Waals surface area contributed by atoms with Crippen LogP contribution < -0.4 is 10.6 Å². The molecule has 2 rings (SSSR count). The summed E-state index contributed by atoms with van der Waals surface area (Å²) in [7, 11) is 4.11. The molecule has 18 heavy (non-hydrogen) atoms. The largest absolute Gasteiger partial charge is 0.383 e. The number of para-hydroxylation sites is 1. The van der Waals surface area contributed by atoms with Gasteiger partial charge in [0, 0.05) is 30.7 Å². The molecule has 0 radical (unpaired) electrons. The Morgan fingerprint density at radius 3 is 2.72 bits per heavy atom. The average molecular weight is 245 g/mol. The van der Waals surface area contributed by atoms with Crippen LogP contribution in [0.15, 0.2) is 30.5 Å². The summed E-state index contributed by atoms with van der Waals surface area (Å²) in [6, 6.07) is 8.52. The first kappa shape index (κ1) is 13.0. The monoisotopic (exact) mass is 245 g/mol. The van der Waals surface area contributed by atoms with E-state index >= 15 is 0 Å². The van der Waals surface area contributed by atoms with Gasteiger partial charge in [0.05, 0.1) is 5.69 Å². The Morgan fingerprint density at radius 2 is 2.00 bits per heavy atom. The number of nitrogens with zero attached hydrogens (tertiary/aromatic N) is 1. The molecule has 3 heteroatoms. The van der Waals surface area contributed by atoms with Crippen LogP contribution in [0, 0.1) is 5.92 Å². The van der Waals surface area contributed by atoms with Crippen LogP contribution in [0.2, 0.25) is 0 Å². The molecule has 1 aromatic heterocycles. The van der Waals surface area contributed by atoms with E-state index in [4.69, 9.17) is 0 Å². The van der Waals surface area contributed by atoms with Crippen molar-refractivity contribution in [3.63, 3.8) is 0 Å². The van der Waals surface area contributed by atoms with Crippen LogP contribution in [0.25, 0.3) is 10.9 Å². The lowest BCUT2D eigenvalue weighted by Crippen LogP contribution is -2.24. The van der Waals surface area contributed by atoms with E-state index in [2.05, 4.69) is 59.6 Å². The van der Waals surface area contributed by atoms with Gasteiger partial charge in [-0.3, -0.25) is 0 Å². The Hall–Kier alpha value is -1.48. The van der Waals surface area contributed by atoms with Crippen molar-refractivity contribution in [2.24, 2.45) is 13.0 Å². The molecule has 0 saturated carbocycles. The predicted octanol–water partition coefficient (Wildman–Crippen LogP) is 2.84. The number of hydrogen-bond donors (Lipinski definition) is 2. The topological polar surface area (TPSA) is 29.0 Å². The molecule has 0 aliphatic heterocycles. The van der Waals surface area contributed by atoms with Crippen LogP contribution in [0.4, 0.5) is 5.69 Å². The van der Waals surface area contributed by atoms with E-state index in [-0.39, 0.29) is 0 Å². The summed E-state index contributed by atoms with van der Waals surface area (Å²) in [5, 5.41) is 8.14. The average Bonchev–Trinajstić information content (AvgIpc) is 2.72. The number of anilines is 1. The molecule has 3 nitrogen and oxygen atoms in total. The molecule has 1 aromatic carbocycles. The summed E-state index contributed by atoms with van der Waals surface area (Å²) in [5.74, 6) is 0.675. The normalized spacial score (nSPS) is 12.8. The number of aryl methyl sites for hydroxylation is 1. The van der Waals surface area contributed by atoms with E-state index in [1.165, 1.54) is 23.0 Å². The van der Waals surface area contributed by atoms with E-state index in [9.17, 15) is 0 Å². The van der Waals surface area contributed by atoms with Crippen LogP contribution in [-0.4, -0.2) is 24.7 Å². The zero-order valence-electron chi connectivity index (χ0n) is 11.5. The zero-order chi connectivity index (χ0) is 13.0. The molecule has 0 aliphatic carbocycles. The number of hydrogen-bond acceptors (Lipinski definition) is 2. The molecule has 0 saturated heterocycles. The first-order valence-electron chi connectivity index (χ1n) is 6.68. The zero-order valence-corrected chi connectivity index (χ0v) is 11.5. The summed E-state index contributed by atoms with van der Waals surface area (Å²) in [5.41, 5.74) is 2.52. The molecule has 1 heterocycles. The van der Waals surface area contributed by atoms with Gasteiger partial charge in [0.25, 0.3) is 0 Å². The molecule has 2 aromatic rings. The molecule has 98 valence electrons. The highest BCUT2D eigenvalue weighted by molar-refractivity contribution is 5.92. The first-order valence-corrected chi connectivity index (χ1v) is 6.68. The van der Waals surface area contributed by atoms with E-state index < -0.39 is 0 Å². The fourth-order valence-electron chi connectivity index (χ4n) is 2.39. The van der Waals surface area contributed by atoms with Gasteiger partial charge in [-0.2, -0.15) is 0 Å². The molecule has 0 amide bonds. The highest BCUT2D eigenvalue weighted by Crippen LogP contribution is 2.25. The fraction of sp³-hybridized carbons (Fsp3) is 0.467. The van der Waals surface area contributed by atoms with Gasteiger partial charge in [-0.05, 0) is 25.6 Å². The number of fused-ring (bicyclic) bond motifs is 1. The van der Waals surface area contributed by atoms with Gasteiger partial charge in [0.1, 0.15) is 0 Å². The molecule has 0 spiro atoms. The summed E-state index contributed by atoms with van der Waals surface area (Å²) >= 11 is 0. The molecule has 0 bridgehead atoms. The smallest absolute Gasteiger partial charge is 0.0600 e. The summed E-state index contributed by atoms with van der Waals surface area (Å²) in [6.07, 6.45) is 3.37. The van der Waals surface area contributed by atoms with Crippen molar-refractivity contribution in [2.75, 3.05) is 25.5 Å². The highest BCUT2D eigenvalue weighted by Gasteiger charge is 2.08. The van der Waals surface area contributed by atoms with Gasteiger partial charge in [-0.15, -0.1) is 0 Å². The second-order valence-electron chi connectivity index (χ2n) is 4.88. The van der Waals surface area contributed by atoms with Crippen LogP contribution in [0.1, 0.15) is 13.3 Å². The maximum absolute atomic E-state index is 3.58. The van der Waals surface area contributed by atoms with Crippen LogP contribution in [-0.2, 0) is 7.05 Å². The minimum absolute atomic E-state index is 0.675. The third-order valence-electron chi connectivity index (χ3n) is 3.55. The summed E-state index contributed by atoms with van der Waals surface area (Å²) in [6.45, 7) is 4.33. The Morgan fingerprint density at radius 1 is 1.22 bits per heavy atom. The van der Waals surface area contributed by atoms with Gasteiger partial charge in [-0.1, -0.05) is 31.5 Å². The number of benzene rings is 1. The highest BCUT2D eigenvalue weighted by atomic mass is 15.0. The van der Waals surface area contributed by atoms with Crippen LogP contribution >= 0.6 is 0 Å². The number of nitrogens with one attached hydrogen (secondary N) is 2. The van der Waals surface area contributed by atoms with Crippen LogP contribution in [0.5, 0.6) is 0 Å². The minimum atomic E-state index is 0.675. The molecule has 1 unspecified atom stereocenters. The van der Waals surface area contributed by atoms with Gasteiger partial charge in [0.2, 0.25) is 0 Å². The third kappa shape index (κ3) is 2.67. The molecule has 0 aliphatic rings. The van der Waals surface area contributed by atoms with Crippen molar-refractivity contribution in [1.29, 1.82) is 0 Å². The first-order chi connectivity index (χ1) is 8.76. The quantitative estimate of drug-likeness (QED) is 0.819. The van der Waals surface area contributed by atoms with Crippen molar-refractivity contribution < 1.29 is 0 Å². The Balaban J connectivity index is 2.12. The maximum atomic E-state index is 3.58. The van der Waals surface area contributed by atoms with Gasteiger partial charge in [0.15, 0.2) is 0 Å². The molecule has 1 atom stereocenters. The van der Waals surface area contributed by atoms with E-state index in [0.717, 1.165) is 13.1 Å². The molecule has 2 N–H and O–H groups in total. The molecule has 0 fully saturated rings. The molecular weight excluding hydrogens is 222 g/mol. The van der Waals surface area contributed by atoms with Crippen molar-refractivity contribution >= 4 is 16.6 Å². The summed E-state index contributed by atoms with van der Waals surface area (Å²) in [4.78, 5) is 0. The third-order valence-corrected chi connectivity index (χ3v) is 3.55. The van der Waals surface area contributed by atoms with Gasteiger partial charge >= 0.3 is 0 Å². The molecular formula is C15H23N3.